The smallest absolute Gasteiger partial charge is 0.267 e. The van der Waals surface area contributed by atoms with Gasteiger partial charge in [0.05, 0.1) is 12.1 Å². The predicted octanol–water partition coefficient (Wildman–Crippen LogP) is 3.93. The van der Waals surface area contributed by atoms with Crippen LogP contribution in [0.1, 0.15) is 33.8 Å². The van der Waals surface area contributed by atoms with Crippen molar-refractivity contribution in [3.05, 3.63) is 64.9 Å². The van der Waals surface area contributed by atoms with Crippen molar-refractivity contribution in [2.24, 2.45) is 0 Å². The van der Waals surface area contributed by atoms with Gasteiger partial charge in [-0.15, -0.1) is 11.3 Å². The Kier molecular flexibility index (Phi) is 5.67. The molecule has 1 aromatic carbocycles. The summed E-state index contributed by atoms with van der Waals surface area (Å²) in [6, 6.07) is 11.2. The first-order valence-corrected chi connectivity index (χ1v) is 10.5. The monoisotopic (exact) mass is 406 g/mol. The number of carbonyl (C=O) groups is 2. The number of likely N-dealkylation sites (tertiary alicyclic amines) is 1. The van der Waals surface area contributed by atoms with Crippen molar-refractivity contribution in [1.29, 1.82) is 0 Å². The number of amides is 2. The van der Waals surface area contributed by atoms with E-state index in [4.69, 9.17) is 0 Å². The average Bonchev–Trinajstić information content (AvgIpc) is 3.40. The van der Waals surface area contributed by atoms with E-state index in [0.717, 1.165) is 42.1 Å². The van der Waals surface area contributed by atoms with E-state index in [1.807, 2.05) is 48.2 Å². The summed E-state index contributed by atoms with van der Waals surface area (Å²) < 4.78 is 0. The van der Waals surface area contributed by atoms with Gasteiger partial charge in [-0.2, -0.15) is 0 Å². The first-order chi connectivity index (χ1) is 14.1. The summed E-state index contributed by atoms with van der Waals surface area (Å²) in [6.45, 7) is 3.56. The van der Waals surface area contributed by atoms with Crippen LogP contribution >= 0.6 is 11.3 Å². The van der Waals surface area contributed by atoms with Crippen LogP contribution in [-0.4, -0.2) is 39.8 Å². The molecule has 2 amide bonds. The SMILES string of the molecule is Cc1nc(-c2cccnc2)sc1C(=O)Nc1ccc(CC(=O)N2CCCC2)cc1. The summed E-state index contributed by atoms with van der Waals surface area (Å²) in [5, 5.41) is 3.69. The van der Waals surface area contributed by atoms with E-state index < -0.39 is 0 Å². The van der Waals surface area contributed by atoms with Gasteiger partial charge in [0.15, 0.2) is 0 Å². The molecule has 0 aliphatic carbocycles. The van der Waals surface area contributed by atoms with Gasteiger partial charge >= 0.3 is 0 Å². The maximum Gasteiger partial charge on any atom is 0.267 e. The molecule has 4 rings (SSSR count). The third-order valence-electron chi connectivity index (χ3n) is 4.94. The fourth-order valence-corrected chi connectivity index (χ4v) is 4.32. The molecule has 3 heterocycles. The van der Waals surface area contributed by atoms with Gasteiger partial charge < -0.3 is 10.2 Å². The molecule has 0 saturated carbocycles. The van der Waals surface area contributed by atoms with Crippen molar-refractivity contribution in [3.8, 4) is 10.6 Å². The fraction of sp³-hybridized carbons (Fsp3) is 0.273. The van der Waals surface area contributed by atoms with Crippen LogP contribution in [0.2, 0.25) is 0 Å². The van der Waals surface area contributed by atoms with Crippen LogP contribution in [0.15, 0.2) is 48.8 Å². The third kappa shape index (κ3) is 4.51. The highest BCUT2D eigenvalue weighted by Gasteiger charge is 2.19. The lowest BCUT2D eigenvalue weighted by Crippen LogP contribution is -2.29. The van der Waals surface area contributed by atoms with E-state index >= 15 is 0 Å². The van der Waals surface area contributed by atoms with Crippen LogP contribution in [0.25, 0.3) is 10.6 Å². The number of hydrogen-bond acceptors (Lipinski definition) is 5. The van der Waals surface area contributed by atoms with Gasteiger partial charge in [0.25, 0.3) is 5.91 Å². The van der Waals surface area contributed by atoms with Crippen molar-refractivity contribution in [3.63, 3.8) is 0 Å². The molecule has 1 fully saturated rings. The van der Waals surface area contributed by atoms with Gasteiger partial charge in [-0.3, -0.25) is 14.6 Å². The Morgan fingerprint density at radius 3 is 2.59 bits per heavy atom. The van der Waals surface area contributed by atoms with Gasteiger partial charge in [-0.1, -0.05) is 12.1 Å². The highest BCUT2D eigenvalue weighted by Crippen LogP contribution is 2.28. The number of carbonyl (C=O) groups excluding carboxylic acids is 2. The quantitative estimate of drug-likeness (QED) is 0.697. The molecule has 1 aliphatic heterocycles. The summed E-state index contributed by atoms with van der Waals surface area (Å²) >= 11 is 1.35. The van der Waals surface area contributed by atoms with Crippen LogP contribution in [0, 0.1) is 6.92 Å². The molecular formula is C22H22N4O2S. The normalized spacial score (nSPS) is 13.5. The molecule has 0 atom stereocenters. The maximum atomic E-state index is 12.7. The number of benzene rings is 1. The summed E-state index contributed by atoms with van der Waals surface area (Å²) in [6.07, 6.45) is 6.03. The molecule has 148 valence electrons. The third-order valence-corrected chi connectivity index (χ3v) is 6.14. The largest absolute Gasteiger partial charge is 0.342 e. The lowest BCUT2D eigenvalue weighted by Gasteiger charge is -2.15. The molecule has 3 aromatic rings. The van der Waals surface area contributed by atoms with E-state index in [0.29, 0.717) is 22.7 Å². The predicted molar refractivity (Wildman–Crippen MR) is 114 cm³/mol. The molecule has 0 radical (unpaired) electrons. The molecule has 2 aromatic heterocycles. The van der Waals surface area contributed by atoms with Crippen molar-refractivity contribution in [2.75, 3.05) is 18.4 Å². The molecule has 6 nitrogen and oxygen atoms in total. The molecule has 0 bridgehead atoms. The zero-order valence-electron chi connectivity index (χ0n) is 16.2. The topological polar surface area (TPSA) is 75.2 Å². The lowest BCUT2D eigenvalue weighted by molar-refractivity contribution is -0.129. The van der Waals surface area contributed by atoms with Gasteiger partial charge in [-0.05, 0) is 49.6 Å². The Morgan fingerprint density at radius 2 is 1.90 bits per heavy atom. The Balaban J connectivity index is 1.41. The molecule has 1 N–H and O–H groups in total. The van der Waals surface area contributed by atoms with E-state index in [2.05, 4.69) is 15.3 Å². The highest BCUT2D eigenvalue weighted by molar-refractivity contribution is 7.17. The van der Waals surface area contributed by atoms with Gasteiger partial charge in [0.2, 0.25) is 5.91 Å². The minimum absolute atomic E-state index is 0.169. The first-order valence-electron chi connectivity index (χ1n) is 9.66. The minimum atomic E-state index is -0.184. The second-order valence-corrected chi connectivity index (χ2v) is 8.09. The number of aryl methyl sites for hydroxylation is 1. The molecule has 0 spiro atoms. The maximum absolute atomic E-state index is 12.7. The number of pyridine rings is 1. The van der Waals surface area contributed by atoms with Crippen LogP contribution in [0.5, 0.6) is 0 Å². The summed E-state index contributed by atoms with van der Waals surface area (Å²) in [5.74, 6) is -0.0152. The number of thiazole rings is 1. The molecule has 7 heteroatoms. The number of nitrogens with one attached hydrogen (secondary N) is 1. The summed E-state index contributed by atoms with van der Waals surface area (Å²) in [5.41, 5.74) is 3.24. The van der Waals surface area contributed by atoms with Crippen LogP contribution in [0.3, 0.4) is 0 Å². The van der Waals surface area contributed by atoms with Crippen LogP contribution in [-0.2, 0) is 11.2 Å². The standard InChI is InChI=1S/C22H22N4O2S/c1-15-20(29-22(24-15)17-5-4-10-23-14-17)21(28)25-18-8-6-16(7-9-18)13-19(27)26-11-2-3-12-26/h4-10,14H,2-3,11-13H2,1H3,(H,25,28). The Hall–Kier alpha value is -3.06. The fourth-order valence-electron chi connectivity index (χ4n) is 3.37. The first kappa shape index (κ1) is 19.3. The van der Waals surface area contributed by atoms with Crippen molar-refractivity contribution < 1.29 is 9.59 Å². The second-order valence-electron chi connectivity index (χ2n) is 7.09. The molecule has 1 saturated heterocycles. The van der Waals surface area contributed by atoms with Crippen LogP contribution < -0.4 is 5.32 Å². The summed E-state index contributed by atoms with van der Waals surface area (Å²) in [7, 11) is 0. The van der Waals surface area contributed by atoms with Crippen LogP contribution in [0.4, 0.5) is 5.69 Å². The van der Waals surface area contributed by atoms with E-state index in [9.17, 15) is 9.59 Å². The minimum Gasteiger partial charge on any atom is -0.342 e. The zero-order valence-corrected chi connectivity index (χ0v) is 17.0. The van der Waals surface area contributed by atoms with Crippen molar-refractivity contribution >= 4 is 28.8 Å². The molecular weight excluding hydrogens is 384 g/mol. The second kappa shape index (κ2) is 8.53. The zero-order chi connectivity index (χ0) is 20.2. The van der Waals surface area contributed by atoms with Crippen molar-refractivity contribution in [1.82, 2.24) is 14.9 Å². The Bertz CT molecular complexity index is 1010. The van der Waals surface area contributed by atoms with E-state index in [1.54, 1.807) is 12.4 Å². The molecule has 29 heavy (non-hydrogen) atoms. The lowest BCUT2D eigenvalue weighted by atomic mass is 10.1. The Labute approximate surface area is 173 Å². The number of rotatable bonds is 5. The van der Waals surface area contributed by atoms with Gasteiger partial charge in [-0.25, -0.2) is 4.98 Å². The number of nitrogens with zero attached hydrogens (tertiary/aromatic N) is 3. The van der Waals surface area contributed by atoms with Gasteiger partial charge in [0.1, 0.15) is 9.88 Å². The summed E-state index contributed by atoms with van der Waals surface area (Å²) in [4.78, 5) is 36.1. The van der Waals surface area contributed by atoms with Crippen molar-refractivity contribution in [2.45, 2.75) is 26.2 Å². The Morgan fingerprint density at radius 1 is 1.14 bits per heavy atom. The number of aromatic nitrogens is 2. The molecule has 1 aliphatic rings. The number of anilines is 1. The van der Waals surface area contributed by atoms with E-state index in [1.165, 1.54) is 11.3 Å². The van der Waals surface area contributed by atoms with E-state index in [-0.39, 0.29) is 11.8 Å². The average molecular weight is 407 g/mol. The highest BCUT2D eigenvalue weighted by atomic mass is 32.1. The molecule has 0 unspecified atom stereocenters. The number of hydrogen-bond donors (Lipinski definition) is 1. The van der Waals surface area contributed by atoms with Gasteiger partial charge in [0, 0.05) is 36.7 Å².